The number of rotatable bonds is 7. The van der Waals surface area contributed by atoms with Gasteiger partial charge in [0.1, 0.15) is 17.5 Å². The van der Waals surface area contributed by atoms with Crippen LogP contribution in [-0.2, 0) is 14.8 Å². The summed E-state index contributed by atoms with van der Waals surface area (Å²) >= 11 is 11.9. The third-order valence-electron chi connectivity index (χ3n) is 3.90. The molecule has 0 aliphatic carbocycles. The number of nitrogens with zero attached hydrogens (tertiary/aromatic N) is 1. The maximum absolute atomic E-state index is 12.8. The van der Waals surface area contributed by atoms with Crippen LogP contribution in [0.1, 0.15) is 6.92 Å². The fourth-order valence-electron chi connectivity index (χ4n) is 2.59. The number of carbonyl (C=O) groups is 1. The number of halogens is 2. The summed E-state index contributed by atoms with van der Waals surface area (Å²) in [6, 6.07) is 8.09. The second-order valence-electron chi connectivity index (χ2n) is 5.89. The highest BCUT2D eigenvalue weighted by Gasteiger charge is 2.29. The van der Waals surface area contributed by atoms with E-state index in [-0.39, 0.29) is 0 Å². The van der Waals surface area contributed by atoms with Gasteiger partial charge in [-0.1, -0.05) is 23.2 Å². The van der Waals surface area contributed by atoms with Gasteiger partial charge in [-0.3, -0.25) is 9.10 Å². The van der Waals surface area contributed by atoms with Crippen LogP contribution in [0.25, 0.3) is 0 Å². The fraction of sp³-hybridized carbons (Fsp3) is 0.278. The van der Waals surface area contributed by atoms with E-state index >= 15 is 0 Å². The number of hydrogen-bond donors (Lipinski definition) is 1. The normalized spacial score (nSPS) is 12.2. The number of sulfonamides is 1. The Hall–Kier alpha value is -2.16. The van der Waals surface area contributed by atoms with Crippen LogP contribution in [0.5, 0.6) is 11.5 Å². The molecule has 0 aromatic heterocycles. The minimum Gasteiger partial charge on any atom is -0.495 e. The highest BCUT2D eigenvalue weighted by molar-refractivity contribution is 7.92. The Kier molecular flexibility index (Phi) is 7.03. The van der Waals surface area contributed by atoms with Gasteiger partial charge in [0.25, 0.3) is 0 Å². The number of methoxy groups -OCH3 is 2. The molecule has 1 atom stereocenters. The van der Waals surface area contributed by atoms with Gasteiger partial charge in [0.2, 0.25) is 15.9 Å². The summed E-state index contributed by atoms with van der Waals surface area (Å²) in [6.45, 7) is 1.48. The van der Waals surface area contributed by atoms with E-state index in [0.717, 1.165) is 10.6 Å². The molecule has 2 rings (SSSR count). The molecular formula is C18H20Cl2N2O5S. The van der Waals surface area contributed by atoms with Crippen LogP contribution in [-0.4, -0.2) is 40.8 Å². The number of nitrogens with one attached hydrogen (secondary N) is 1. The van der Waals surface area contributed by atoms with E-state index in [1.54, 1.807) is 12.1 Å². The molecule has 0 fully saturated rings. The van der Waals surface area contributed by atoms with E-state index in [2.05, 4.69) is 5.32 Å². The van der Waals surface area contributed by atoms with Gasteiger partial charge in [-0.05, 0) is 31.2 Å². The maximum atomic E-state index is 12.8. The molecule has 2 aromatic carbocycles. The molecule has 0 radical (unpaired) electrons. The van der Waals surface area contributed by atoms with Gasteiger partial charge in [-0.15, -0.1) is 0 Å². The summed E-state index contributed by atoms with van der Waals surface area (Å²) in [5, 5.41) is 3.42. The number of ether oxygens (including phenoxy) is 2. The molecule has 0 saturated carbocycles. The second kappa shape index (κ2) is 8.89. The van der Waals surface area contributed by atoms with Crippen LogP contribution in [0.2, 0.25) is 10.0 Å². The van der Waals surface area contributed by atoms with Gasteiger partial charge in [0.15, 0.2) is 0 Å². The van der Waals surface area contributed by atoms with Crippen molar-refractivity contribution in [1.82, 2.24) is 0 Å². The lowest BCUT2D eigenvalue weighted by molar-refractivity contribution is -0.116. The van der Waals surface area contributed by atoms with E-state index in [4.69, 9.17) is 32.7 Å². The Morgan fingerprint density at radius 1 is 1.07 bits per heavy atom. The molecule has 1 N–H and O–H groups in total. The van der Waals surface area contributed by atoms with Crippen molar-refractivity contribution >= 4 is 50.5 Å². The first kappa shape index (κ1) is 22.1. The standard InChI is InChI=1S/C18H20Cl2N2O5S/c1-11(22(28(4,24)25)13-7-5-12(19)6-8-13)18(23)21-15-10-16(26-2)14(20)9-17(15)27-3/h5-11H,1-4H3,(H,21,23)/t11-/m1/s1. The van der Waals surface area contributed by atoms with Gasteiger partial charge in [0.05, 0.1) is 36.9 Å². The van der Waals surface area contributed by atoms with Crippen molar-refractivity contribution in [3.63, 3.8) is 0 Å². The quantitative estimate of drug-likeness (QED) is 0.698. The zero-order chi connectivity index (χ0) is 21.1. The van der Waals surface area contributed by atoms with Gasteiger partial charge in [-0.2, -0.15) is 0 Å². The van der Waals surface area contributed by atoms with E-state index in [9.17, 15) is 13.2 Å². The monoisotopic (exact) mass is 446 g/mol. The van der Waals surface area contributed by atoms with Crippen molar-refractivity contribution in [3.8, 4) is 11.5 Å². The van der Waals surface area contributed by atoms with Crippen LogP contribution in [0, 0.1) is 0 Å². The van der Waals surface area contributed by atoms with E-state index in [0.29, 0.717) is 32.9 Å². The Labute approximate surface area is 174 Å². The smallest absolute Gasteiger partial charge is 0.248 e. The number of amides is 1. The summed E-state index contributed by atoms with van der Waals surface area (Å²) < 4.78 is 36.1. The van der Waals surface area contributed by atoms with Crippen LogP contribution in [0.15, 0.2) is 36.4 Å². The van der Waals surface area contributed by atoms with Crippen molar-refractivity contribution in [1.29, 1.82) is 0 Å². The Morgan fingerprint density at radius 3 is 2.14 bits per heavy atom. The Balaban J connectivity index is 2.37. The highest BCUT2D eigenvalue weighted by atomic mass is 35.5. The molecule has 0 bridgehead atoms. The topological polar surface area (TPSA) is 84.9 Å². The molecular weight excluding hydrogens is 427 g/mol. The molecule has 28 heavy (non-hydrogen) atoms. The average molecular weight is 447 g/mol. The minimum absolute atomic E-state index is 0.296. The zero-order valence-corrected chi connectivity index (χ0v) is 18.0. The molecule has 0 unspecified atom stereocenters. The largest absolute Gasteiger partial charge is 0.495 e. The Bertz CT molecular complexity index is 965. The first-order valence-electron chi connectivity index (χ1n) is 8.05. The van der Waals surface area contributed by atoms with Crippen molar-refractivity contribution in [3.05, 3.63) is 46.4 Å². The molecule has 0 spiro atoms. The van der Waals surface area contributed by atoms with E-state index in [1.165, 1.54) is 45.4 Å². The number of benzene rings is 2. The van der Waals surface area contributed by atoms with Crippen molar-refractivity contribution in [2.45, 2.75) is 13.0 Å². The van der Waals surface area contributed by atoms with Crippen LogP contribution >= 0.6 is 23.2 Å². The summed E-state index contributed by atoms with van der Waals surface area (Å²) in [6.07, 6.45) is 1.03. The number of anilines is 2. The zero-order valence-electron chi connectivity index (χ0n) is 15.7. The van der Waals surface area contributed by atoms with Crippen molar-refractivity contribution < 1.29 is 22.7 Å². The summed E-state index contributed by atoms with van der Waals surface area (Å²) in [7, 11) is -0.888. The third-order valence-corrected chi connectivity index (χ3v) is 5.69. The SMILES string of the molecule is COc1cc(NC(=O)[C@@H](C)N(c2ccc(Cl)cc2)S(C)(=O)=O)c(OC)cc1Cl. The lowest BCUT2D eigenvalue weighted by atomic mass is 10.2. The second-order valence-corrected chi connectivity index (χ2v) is 8.59. The van der Waals surface area contributed by atoms with Crippen molar-refractivity contribution in [2.75, 3.05) is 30.1 Å². The van der Waals surface area contributed by atoms with E-state index < -0.39 is 22.0 Å². The minimum atomic E-state index is -3.75. The molecule has 1 amide bonds. The average Bonchev–Trinajstić information content (AvgIpc) is 2.63. The predicted octanol–water partition coefficient (Wildman–Crippen LogP) is 3.80. The van der Waals surface area contributed by atoms with Crippen molar-refractivity contribution in [2.24, 2.45) is 0 Å². The summed E-state index contributed by atoms with van der Waals surface area (Å²) in [5.41, 5.74) is 0.611. The molecule has 0 heterocycles. The predicted molar refractivity (Wildman–Crippen MR) is 111 cm³/mol. The van der Waals surface area contributed by atoms with Gasteiger partial charge >= 0.3 is 0 Å². The lowest BCUT2D eigenvalue weighted by Gasteiger charge is -2.28. The molecule has 0 saturated heterocycles. The van der Waals surface area contributed by atoms with Crippen LogP contribution < -0.4 is 19.1 Å². The molecule has 152 valence electrons. The summed E-state index contributed by atoms with van der Waals surface area (Å²) in [4.78, 5) is 12.8. The van der Waals surface area contributed by atoms with Crippen LogP contribution in [0.4, 0.5) is 11.4 Å². The molecule has 7 nitrogen and oxygen atoms in total. The first-order valence-corrected chi connectivity index (χ1v) is 10.7. The molecule has 0 aliphatic rings. The molecule has 10 heteroatoms. The molecule has 0 aliphatic heterocycles. The van der Waals surface area contributed by atoms with Gasteiger partial charge in [-0.25, -0.2) is 8.42 Å². The van der Waals surface area contributed by atoms with Gasteiger partial charge in [0, 0.05) is 17.2 Å². The summed E-state index contributed by atoms with van der Waals surface area (Å²) in [5.74, 6) is 0.0786. The van der Waals surface area contributed by atoms with Gasteiger partial charge < -0.3 is 14.8 Å². The van der Waals surface area contributed by atoms with Crippen LogP contribution in [0.3, 0.4) is 0 Å². The van der Waals surface area contributed by atoms with E-state index in [1.807, 2.05) is 0 Å². The molecule has 2 aromatic rings. The highest BCUT2D eigenvalue weighted by Crippen LogP contribution is 2.36. The number of hydrogen-bond acceptors (Lipinski definition) is 5. The third kappa shape index (κ3) is 5.01. The number of carbonyl (C=O) groups excluding carboxylic acids is 1. The fourth-order valence-corrected chi connectivity index (χ4v) is 4.12. The first-order chi connectivity index (χ1) is 13.1. The Morgan fingerprint density at radius 2 is 1.64 bits per heavy atom. The maximum Gasteiger partial charge on any atom is 0.248 e. The lowest BCUT2D eigenvalue weighted by Crippen LogP contribution is -2.45.